The van der Waals surface area contributed by atoms with Crippen LogP contribution in [0.2, 0.25) is 0 Å². The molecule has 0 amide bonds. The molecule has 1 fully saturated rings. The van der Waals surface area contributed by atoms with Gasteiger partial charge >= 0.3 is 0 Å². The lowest BCUT2D eigenvalue weighted by Gasteiger charge is -2.25. The largest absolute Gasteiger partial charge is 0.497 e. The Labute approximate surface area is 173 Å². The number of aromatic nitrogens is 1. The van der Waals surface area contributed by atoms with E-state index in [1.165, 1.54) is 4.31 Å². The Hall–Kier alpha value is -2.16. The highest BCUT2D eigenvalue weighted by Gasteiger charge is 2.35. The van der Waals surface area contributed by atoms with Crippen molar-refractivity contribution < 1.29 is 13.2 Å². The van der Waals surface area contributed by atoms with Gasteiger partial charge in [0.25, 0.3) is 10.2 Å². The molecule has 1 aromatic heterocycles. The van der Waals surface area contributed by atoms with Crippen LogP contribution in [0, 0.1) is 6.92 Å². The van der Waals surface area contributed by atoms with Crippen LogP contribution >= 0.6 is 0 Å². The third-order valence-corrected chi connectivity index (χ3v) is 7.43. The van der Waals surface area contributed by atoms with Gasteiger partial charge in [0.15, 0.2) is 0 Å². The number of methoxy groups -OCH3 is 1. The van der Waals surface area contributed by atoms with Gasteiger partial charge in [-0.2, -0.15) is 17.0 Å². The molecule has 1 aromatic carbocycles. The maximum absolute atomic E-state index is 12.8. The molecule has 0 bridgehead atoms. The number of benzene rings is 1. The molecular formula is C21H30N4O3S. The summed E-state index contributed by atoms with van der Waals surface area (Å²) in [7, 11) is -1.76. The Morgan fingerprint density at radius 2 is 1.86 bits per heavy atom. The molecule has 1 N–H and O–H groups in total. The molecule has 158 valence electrons. The van der Waals surface area contributed by atoms with Crippen molar-refractivity contribution in [2.24, 2.45) is 0 Å². The van der Waals surface area contributed by atoms with E-state index in [9.17, 15) is 8.42 Å². The quantitative estimate of drug-likeness (QED) is 0.710. The van der Waals surface area contributed by atoms with Gasteiger partial charge in [0, 0.05) is 54.9 Å². The van der Waals surface area contributed by atoms with E-state index in [0.29, 0.717) is 26.2 Å². The molecule has 1 unspecified atom stereocenters. The fourth-order valence-electron chi connectivity index (χ4n) is 3.71. The van der Waals surface area contributed by atoms with Gasteiger partial charge in [-0.3, -0.25) is 4.98 Å². The minimum atomic E-state index is -3.41. The molecule has 0 spiro atoms. The van der Waals surface area contributed by atoms with Crippen molar-refractivity contribution in [3.63, 3.8) is 0 Å². The van der Waals surface area contributed by atoms with Gasteiger partial charge in [-0.05, 0) is 49.7 Å². The number of hydrogen-bond acceptors (Lipinski definition) is 5. The van der Waals surface area contributed by atoms with Crippen LogP contribution in [0.25, 0.3) is 0 Å². The van der Waals surface area contributed by atoms with Gasteiger partial charge in [0.1, 0.15) is 5.75 Å². The highest BCUT2D eigenvalue weighted by atomic mass is 32.2. The molecule has 1 aliphatic rings. The van der Waals surface area contributed by atoms with Crippen LogP contribution in [-0.4, -0.2) is 55.3 Å². The molecule has 29 heavy (non-hydrogen) atoms. The fraction of sp³-hybridized carbons (Fsp3) is 0.476. The summed E-state index contributed by atoms with van der Waals surface area (Å²) in [6, 6.07) is 11.8. The summed E-state index contributed by atoms with van der Waals surface area (Å²) < 4.78 is 33.9. The molecule has 2 aromatic rings. The summed E-state index contributed by atoms with van der Waals surface area (Å²) in [5.74, 6) is 0.902. The number of hydrogen-bond donors (Lipinski definition) is 1. The lowest BCUT2D eigenvalue weighted by Crippen LogP contribution is -2.42. The van der Waals surface area contributed by atoms with Gasteiger partial charge in [0.2, 0.25) is 0 Å². The third-order valence-electron chi connectivity index (χ3n) is 5.28. The predicted octanol–water partition coefficient (Wildman–Crippen LogP) is 3.52. The molecular weight excluding hydrogens is 388 g/mol. The molecule has 7 nitrogen and oxygen atoms in total. The Morgan fingerprint density at radius 3 is 2.48 bits per heavy atom. The molecule has 8 heteroatoms. The van der Waals surface area contributed by atoms with Crippen LogP contribution in [0.4, 0.5) is 11.4 Å². The number of aryl methyl sites for hydroxylation is 1. The Balaban J connectivity index is 1.76. The summed E-state index contributed by atoms with van der Waals surface area (Å²) in [6.07, 6.45) is 0.777. The molecule has 0 saturated carbocycles. The number of pyridine rings is 1. The van der Waals surface area contributed by atoms with Crippen molar-refractivity contribution in [3.05, 3.63) is 47.8 Å². The lowest BCUT2D eigenvalue weighted by molar-refractivity contribution is 0.377. The van der Waals surface area contributed by atoms with E-state index in [2.05, 4.69) is 5.32 Å². The lowest BCUT2D eigenvalue weighted by atomic mass is 10.0. The van der Waals surface area contributed by atoms with E-state index in [0.717, 1.165) is 34.9 Å². The number of nitrogens with zero attached hydrogens (tertiary/aromatic N) is 3. The Kier molecular flexibility index (Phi) is 6.77. The second-order valence-corrected chi connectivity index (χ2v) is 9.14. The summed E-state index contributed by atoms with van der Waals surface area (Å²) in [4.78, 5) is 4.69. The minimum absolute atomic E-state index is 0.0941. The smallest absolute Gasteiger partial charge is 0.281 e. The van der Waals surface area contributed by atoms with Crippen molar-refractivity contribution in [2.45, 2.75) is 33.1 Å². The van der Waals surface area contributed by atoms with Crippen LogP contribution in [0.5, 0.6) is 5.75 Å². The zero-order chi connectivity index (χ0) is 21.0. The average molecular weight is 419 g/mol. The SMILES string of the molecule is CCN(CC)S(=O)(=O)N1CCC(c2cc(Nc3ccc(OC)cc3)cc(C)n2)C1. The first-order valence-electron chi connectivity index (χ1n) is 10.0. The predicted molar refractivity (Wildman–Crippen MR) is 116 cm³/mol. The van der Waals surface area contributed by atoms with Gasteiger partial charge in [-0.1, -0.05) is 13.8 Å². The van der Waals surface area contributed by atoms with Gasteiger partial charge in [0.05, 0.1) is 7.11 Å². The molecule has 0 radical (unpaired) electrons. The second kappa shape index (κ2) is 9.11. The number of ether oxygens (including phenoxy) is 1. The van der Waals surface area contributed by atoms with Crippen LogP contribution in [0.1, 0.15) is 37.6 Å². The van der Waals surface area contributed by atoms with Crippen LogP contribution in [0.3, 0.4) is 0 Å². The second-order valence-electron chi connectivity index (χ2n) is 7.21. The minimum Gasteiger partial charge on any atom is -0.497 e. The summed E-state index contributed by atoms with van der Waals surface area (Å²) >= 11 is 0. The standard InChI is InChI=1S/C21H30N4O3S/c1-5-24(6-2)29(26,27)25-12-11-17(15-25)21-14-19(13-16(3)22-21)23-18-7-9-20(28-4)10-8-18/h7-10,13-14,17H,5-6,11-12,15H2,1-4H3,(H,22,23). The molecule has 1 aliphatic heterocycles. The fourth-order valence-corrected chi connectivity index (χ4v) is 5.39. The Bertz CT molecular complexity index is 927. The van der Waals surface area contributed by atoms with Crippen molar-refractivity contribution >= 4 is 21.6 Å². The first kappa shape index (κ1) is 21.5. The zero-order valence-electron chi connectivity index (χ0n) is 17.6. The summed E-state index contributed by atoms with van der Waals surface area (Å²) in [5, 5.41) is 3.40. The number of anilines is 2. The summed E-state index contributed by atoms with van der Waals surface area (Å²) in [5.41, 5.74) is 3.74. The van der Waals surface area contributed by atoms with E-state index >= 15 is 0 Å². The third kappa shape index (κ3) is 4.88. The van der Waals surface area contributed by atoms with Crippen LogP contribution in [0.15, 0.2) is 36.4 Å². The topological polar surface area (TPSA) is 74.8 Å². The first-order chi connectivity index (χ1) is 13.9. The zero-order valence-corrected chi connectivity index (χ0v) is 18.4. The van der Waals surface area contributed by atoms with Crippen molar-refractivity contribution in [1.82, 2.24) is 13.6 Å². The van der Waals surface area contributed by atoms with Crippen molar-refractivity contribution in [1.29, 1.82) is 0 Å². The highest BCUT2D eigenvalue weighted by Crippen LogP contribution is 2.31. The number of nitrogens with one attached hydrogen (secondary N) is 1. The van der Waals surface area contributed by atoms with Gasteiger partial charge in [-0.15, -0.1) is 0 Å². The molecule has 0 aliphatic carbocycles. The molecule has 3 rings (SSSR count). The van der Waals surface area contributed by atoms with E-state index in [-0.39, 0.29) is 5.92 Å². The highest BCUT2D eigenvalue weighted by molar-refractivity contribution is 7.86. The average Bonchev–Trinajstić information content (AvgIpc) is 3.20. The van der Waals surface area contributed by atoms with E-state index in [1.807, 2.05) is 57.2 Å². The van der Waals surface area contributed by atoms with Crippen LogP contribution < -0.4 is 10.1 Å². The van der Waals surface area contributed by atoms with E-state index in [4.69, 9.17) is 9.72 Å². The van der Waals surface area contributed by atoms with Gasteiger partial charge < -0.3 is 10.1 Å². The van der Waals surface area contributed by atoms with Gasteiger partial charge in [-0.25, -0.2) is 0 Å². The van der Waals surface area contributed by atoms with Crippen molar-refractivity contribution in [2.75, 3.05) is 38.6 Å². The van der Waals surface area contributed by atoms with Crippen molar-refractivity contribution in [3.8, 4) is 5.75 Å². The molecule has 2 heterocycles. The normalized spacial score (nSPS) is 17.6. The van der Waals surface area contributed by atoms with Crippen LogP contribution in [-0.2, 0) is 10.2 Å². The van der Waals surface area contributed by atoms with E-state index < -0.39 is 10.2 Å². The summed E-state index contributed by atoms with van der Waals surface area (Å²) in [6.45, 7) is 7.67. The Morgan fingerprint density at radius 1 is 1.17 bits per heavy atom. The van der Waals surface area contributed by atoms with E-state index in [1.54, 1.807) is 11.4 Å². The number of rotatable bonds is 8. The maximum atomic E-state index is 12.8. The molecule has 1 atom stereocenters. The first-order valence-corrected chi connectivity index (χ1v) is 11.4. The maximum Gasteiger partial charge on any atom is 0.281 e. The monoisotopic (exact) mass is 418 g/mol. The molecule has 1 saturated heterocycles.